The molecular formula is C22H23Cl2FN2O2. The van der Waals surface area contributed by atoms with Crippen LogP contribution in [-0.4, -0.2) is 43.3 Å². The number of piperidine rings is 1. The fourth-order valence-corrected chi connectivity index (χ4v) is 4.44. The minimum atomic E-state index is -0.312. The van der Waals surface area contributed by atoms with Crippen molar-refractivity contribution in [2.75, 3.05) is 31.1 Å². The number of anilines is 1. The molecule has 2 aromatic carbocycles. The van der Waals surface area contributed by atoms with E-state index in [1.165, 1.54) is 12.1 Å². The lowest BCUT2D eigenvalue weighted by Crippen LogP contribution is -2.40. The lowest BCUT2D eigenvalue weighted by Gasteiger charge is -2.33. The highest BCUT2D eigenvalue weighted by atomic mass is 35.5. The number of benzene rings is 2. The maximum atomic E-state index is 13.5. The first-order chi connectivity index (χ1) is 14.0. The third kappa shape index (κ3) is 5.03. The molecule has 4 rings (SSSR count). The van der Waals surface area contributed by atoms with E-state index in [4.69, 9.17) is 27.9 Å². The van der Waals surface area contributed by atoms with Gasteiger partial charge in [0.15, 0.2) is 0 Å². The van der Waals surface area contributed by atoms with Gasteiger partial charge in [0, 0.05) is 22.3 Å². The Hall–Kier alpha value is -1.82. The maximum Gasteiger partial charge on any atom is 0.414 e. The van der Waals surface area contributed by atoms with Crippen molar-refractivity contribution in [1.82, 2.24) is 4.90 Å². The van der Waals surface area contributed by atoms with Crippen molar-refractivity contribution in [1.29, 1.82) is 0 Å². The van der Waals surface area contributed by atoms with Crippen LogP contribution in [0.1, 0.15) is 18.4 Å². The minimum absolute atomic E-state index is 0.146. The Kier molecular flexibility index (Phi) is 6.28. The number of carbonyl (C=O) groups excluding carboxylic acids is 1. The van der Waals surface area contributed by atoms with Crippen molar-refractivity contribution in [2.24, 2.45) is 5.92 Å². The molecule has 0 bridgehead atoms. The van der Waals surface area contributed by atoms with Crippen LogP contribution in [0.25, 0.3) is 0 Å². The highest BCUT2D eigenvalue weighted by molar-refractivity contribution is 6.31. The van der Waals surface area contributed by atoms with E-state index in [2.05, 4.69) is 4.90 Å². The quantitative estimate of drug-likeness (QED) is 0.627. The van der Waals surface area contributed by atoms with Crippen molar-refractivity contribution < 1.29 is 13.9 Å². The van der Waals surface area contributed by atoms with Crippen LogP contribution in [0, 0.1) is 11.7 Å². The number of halogens is 3. The fraction of sp³-hybridized carbons (Fsp3) is 0.409. The summed E-state index contributed by atoms with van der Waals surface area (Å²) in [6.45, 7) is 3.14. The number of hydrogen-bond donors (Lipinski definition) is 0. The predicted molar refractivity (Wildman–Crippen MR) is 113 cm³/mol. The van der Waals surface area contributed by atoms with E-state index >= 15 is 0 Å². The lowest BCUT2D eigenvalue weighted by molar-refractivity contribution is 0.0914. The van der Waals surface area contributed by atoms with Gasteiger partial charge in [-0.2, -0.15) is 0 Å². The molecule has 2 aliphatic rings. The van der Waals surface area contributed by atoms with Gasteiger partial charge in [0.1, 0.15) is 11.9 Å². The third-order valence-corrected chi connectivity index (χ3v) is 6.32. The number of amides is 1. The lowest BCUT2D eigenvalue weighted by atomic mass is 9.90. The zero-order valence-electron chi connectivity index (χ0n) is 16.0. The highest BCUT2D eigenvalue weighted by Crippen LogP contribution is 2.28. The largest absolute Gasteiger partial charge is 0.443 e. The van der Waals surface area contributed by atoms with Gasteiger partial charge in [-0.05, 0) is 86.3 Å². The number of hydrogen-bond acceptors (Lipinski definition) is 3. The summed E-state index contributed by atoms with van der Waals surface area (Å²) in [6, 6.07) is 11.8. The monoisotopic (exact) mass is 436 g/mol. The summed E-state index contributed by atoms with van der Waals surface area (Å²) in [5, 5.41) is 1.27. The van der Waals surface area contributed by atoms with Crippen molar-refractivity contribution >= 4 is 35.0 Å². The van der Waals surface area contributed by atoms with Crippen LogP contribution < -0.4 is 4.90 Å². The maximum absolute atomic E-state index is 13.5. The first kappa shape index (κ1) is 20.5. The summed E-state index contributed by atoms with van der Waals surface area (Å²) >= 11 is 12.1. The van der Waals surface area contributed by atoms with Crippen molar-refractivity contribution in [3.8, 4) is 0 Å². The summed E-state index contributed by atoms with van der Waals surface area (Å²) in [6.07, 6.45) is 2.39. The molecule has 7 heteroatoms. The normalized spacial score (nSPS) is 20.9. The molecule has 0 radical (unpaired) electrons. The SMILES string of the molecule is O=C1OC(CN2CCC(Cc3cc(F)ccc3Cl)CC2)CN1c1ccc(Cl)cc1. The van der Waals surface area contributed by atoms with E-state index in [9.17, 15) is 9.18 Å². The first-order valence-electron chi connectivity index (χ1n) is 9.88. The average Bonchev–Trinajstić information content (AvgIpc) is 3.07. The minimum Gasteiger partial charge on any atom is -0.443 e. The zero-order valence-corrected chi connectivity index (χ0v) is 17.5. The number of rotatable bonds is 5. The van der Waals surface area contributed by atoms with E-state index in [-0.39, 0.29) is 18.0 Å². The van der Waals surface area contributed by atoms with E-state index in [1.54, 1.807) is 23.1 Å². The molecule has 2 heterocycles. The van der Waals surface area contributed by atoms with Gasteiger partial charge in [0.05, 0.1) is 6.54 Å². The fourth-order valence-electron chi connectivity index (χ4n) is 4.12. The molecular weight excluding hydrogens is 414 g/mol. The smallest absolute Gasteiger partial charge is 0.414 e. The Labute approximate surface area is 180 Å². The number of cyclic esters (lactones) is 1. The average molecular weight is 437 g/mol. The molecule has 29 heavy (non-hydrogen) atoms. The summed E-state index contributed by atoms with van der Waals surface area (Å²) in [4.78, 5) is 16.2. The standard InChI is InChI=1S/C22H23Cl2FN2O2/c23-17-1-4-19(5-2-17)27-14-20(29-22(27)28)13-26-9-7-15(8-10-26)11-16-12-18(25)3-6-21(16)24/h1-6,12,15,20H,7-11,13-14H2. The molecule has 2 saturated heterocycles. The van der Waals surface area contributed by atoms with E-state index < -0.39 is 0 Å². The molecule has 0 saturated carbocycles. The van der Waals surface area contributed by atoms with Crippen LogP contribution in [-0.2, 0) is 11.2 Å². The van der Waals surface area contributed by atoms with Crippen LogP contribution in [0.2, 0.25) is 10.0 Å². The van der Waals surface area contributed by atoms with Crippen LogP contribution in [0.5, 0.6) is 0 Å². The molecule has 1 unspecified atom stereocenters. The van der Waals surface area contributed by atoms with Gasteiger partial charge in [0.25, 0.3) is 0 Å². The van der Waals surface area contributed by atoms with Gasteiger partial charge < -0.3 is 4.74 Å². The second kappa shape index (κ2) is 8.90. The Balaban J connectivity index is 1.27. The molecule has 0 N–H and O–H groups in total. The number of ether oxygens (including phenoxy) is 1. The Bertz CT molecular complexity index is 870. The molecule has 2 aromatic rings. The molecule has 1 atom stereocenters. The Morgan fingerprint density at radius 1 is 1.07 bits per heavy atom. The highest BCUT2D eigenvalue weighted by Gasteiger charge is 2.34. The molecule has 4 nitrogen and oxygen atoms in total. The number of likely N-dealkylation sites (tertiary alicyclic amines) is 1. The van der Waals surface area contributed by atoms with E-state index in [1.807, 2.05) is 12.1 Å². The zero-order chi connectivity index (χ0) is 20.4. The van der Waals surface area contributed by atoms with Crippen LogP contribution >= 0.6 is 23.2 Å². The van der Waals surface area contributed by atoms with Crippen LogP contribution in [0.4, 0.5) is 14.9 Å². The number of nitrogens with zero attached hydrogens (tertiary/aromatic N) is 2. The molecule has 0 aromatic heterocycles. The second-order valence-electron chi connectivity index (χ2n) is 7.78. The van der Waals surface area contributed by atoms with E-state index in [0.29, 0.717) is 22.5 Å². The van der Waals surface area contributed by atoms with Crippen molar-refractivity contribution in [2.45, 2.75) is 25.4 Å². The first-order valence-corrected chi connectivity index (χ1v) is 10.6. The molecule has 2 fully saturated rings. The van der Waals surface area contributed by atoms with Crippen molar-refractivity contribution in [3.63, 3.8) is 0 Å². The third-order valence-electron chi connectivity index (χ3n) is 5.70. The topological polar surface area (TPSA) is 32.8 Å². The molecule has 154 valence electrons. The molecule has 0 spiro atoms. The van der Waals surface area contributed by atoms with Crippen LogP contribution in [0.3, 0.4) is 0 Å². The summed E-state index contributed by atoms with van der Waals surface area (Å²) in [5.41, 5.74) is 1.68. The van der Waals surface area contributed by atoms with Crippen molar-refractivity contribution in [3.05, 3.63) is 63.9 Å². The summed E-state index contributed by atoms with van der Waals surface area (Å²) in [7, 11) is 0. The summed E-state index contributed by atoms with van der Waals surface area (Å²) < 4.78 is 19.0. The van der Waals surface area contributed by atoms with Gasteiger partial charge in [-0.1, -0.05) is 23.2 Å². The summed E-state index contributed by atoms with van der Waals surface area (Å²) in [5.74, 6) is 0.248. The Morgan fingerprint density at radius 3 is 2.52 bits per heavy atom. The van der Waals surface area contributed by atoms with Gasteiger partial charge >= 0.3 is 6.09 Å². The second-order valence-corrected chi connectivity index (χ2v) is 8.62. The van der Waals surface area contributed by atoms with Crippen LogP contribution in [0.15, 0.2) is 42.5 Å². The molecule has 1 amide bonds. The van der Waals surface area contributed by atoms with E-state index in [0.717, 1.165) is 50.1 Å². The van der Waals surface area contributed by atoms with Gasteiger partial charge in [-0.25, -0.2) is 9.18 Å². The predicted octanol–water partition coefficient (Wildman–Crippen LogP) is 5.41. The van der Waals surface area contributed by atoms with Gasteiger partial charge in [0.2, 0.25) is 0 Å². The number of carbonyl (C=O) groups is 1. The molecule has 2 aliphatic heterocycles. The molecule has 0 aliphatic carbocycles. The Morgan fingerprint density at radius 2 is 1.79 bits per heavy atom. The van der Waals surface area contributed by atoms with Gasteiger partial charge in [-0.3, -0.25) is 9.80 Å². The van der Waals surface area contributed by atoms with Gasteiger partial charge in [-0.15, -0.1) is 0 Å².